The van der Waals surface area contributed by atoms with Gasteiger partial charge in [0.15, 0.2) is 6.20 Å². The van der Waals surface area contributed by atoms with Gasteiger partial charge in [-0.2, -0.15) is 4.73 Å². The summed E-state index contributed by atoms with van der Waals surface area (Å²) in [6.07, 6.45) is 0.000681. The number of hydrogen-bond donors (Lipinski definition) is 1. The lowest BCUT2D eigenvalue weighted by molar-refractivity contribution is -0.608. The molecule has 2 aromatic carbocycles. The van der Waals surface area contributed by atoms with Crippen LogP contribution in [0.3, 0.4) is 0 Å². The summed E-state index contributed by atoms with van der Waals surface area (Å²) in [6, 6.07) is 20.3. The maximum absolute atomic E-state index is 12.8. The van der Waals surface area contributed by atoms with E-state index in [1.165, 1.54) is 18.3 Å². The van der Waals surface area contributed by atoms with Crippen molar-refractivity contribution < 1.29 is 19.1 Å². The van der Waals surface area contributed by atoms with E-state index in [0.29, 0.717) is 16.0 Å². The third-order valence-corrected chi connectivity index (χ3v) is 3.92. The Kier molecular flexibility index (Phi) is 5.47. The zero-order chi connectivity index (χ0) is 19.2. The Hall–Kier alpha value is -3.67. The van der Waals surface area contributed by atoms with Crippen molar-refractivity contribution in [3.8, 4) is 0 Å². The topological polar surface area (TPSA) is 82.3 Å². The molecule has 27 heavy (non-hydrogen) atoms. The Bertz CT molecular complexity index is 940. The van der Waals surface area contributed by atoms with Gasteiger partial charge in [0.05, 0.1) is 0 Å². The first-order valence-corrected chi connectivity index (χ1v) is 8.36. The molecule has 3 rings (SSSR count). The average molecular weight is 362 g/mol. The van der Waals surface area contributed by atoms with E-state index < -0.39 is 18.0 Å². The summed E-state index contributed by atoms with van der Waals surface area (Å²) < 4.78 is 5.79. The standard InChI is InChI=1S/C21H18N2O4/c1-15-10-12-17(13-11-15)22-20(24)19(16-7-3-2-4-8-16)27-21(25)18-9-5-6-14-23(18)26/h2-14,19H,1H3,(H,22,24)/t19-/m1/s1. The van der Waals surface area contributed by atoms with Gasteiger partial charge >= 0.3 is 11.7 Å². The average Bonchev–Trinajstić information content (AvgIpc) is 2.68. The van der Waals surface area contributed by atoms with Crippen LogP contribution in [0.25, 0.3) is 0 Å². The second-order valence-electron chi connectivity index (χ2n) is 5.96. The van der Waals surface area contributed by atoms with Crippen LogP contribution < -0.4 is 10.0 Å². The summed E-state index contributed by atoms with van der Waals surface area (Å²) >= 11 is 0. The zero-order valence-electron chi connectivity index (χ0n) is 14.7. The van der Waals surface area contributed by atoms with Crippen molar-refractivity contribution >= 4 is 17.6 Å². The van der Waals surface area contributed by atoms with Crippen LogP contribution in [0, 0.1) is 12.1 Å². The van der Waals surface area contributed by atoms with Crippen LogP contribution in [0.1, 0.15) is 27.7 Å². The maximum atomic E-state index is 12.8. The minimum atomic E-state index is -1.19. The van der Waals surface area contributed by atoms with Gasteiger partial charge < -0.3 is 15.3 Å². The zero-order valence-corrected chi connectivity index (χ0v) is 14.7. The molecular weight excluding hydrogens is 344 g/mol. The number of nitrogens with zero attached hydrogens (tertiary/aromatic N) is 1. The van der Waals surface area contributed by atoms with Crippen molar-refractivity contribution in [2.24, 2.45) is 0 Å². The monoisotopic (exact) mass is 362 g/mol. The molecule has 0 aliphatic heterocycles. The number of aryl methyl sites for hydroxylation is 1. The van der Waals surface area contributed by atoms with Crippen LogP contribution in [0.2, 0.25) is 0 Å². The minimum Gasteiger partial charge on any atom is -0.618 e. The molecule has 0 saturated heterocycles. The molecule has 3 aromatic rings. The number of ether oxygens (including phenoxy) is 1. The van der Waals surface area contributed by atoms with E-state index >= 15 is 0 Å². The highest BCUT2D eigenvalue weighted by molar-refractivity contribution is 5.97. The third kappa shape index (κ3) is 4.49. The van der Waals surface area contributed by atoms with Crippen LogP contribution >= 0.6 is 0 Å². The quantitative estimate of drug-likeness (QED) is 0.429. The molecule has 1 amide bonds. The van der Waals surface area contributed by atoms with Gasteiger partial charge in [-0.1, -0.05) is 48.0 Å². The molecular formula is C21H18N2O4. The number of carbonyl (C=O) groups is 2. The first-order valence-electron chi connectivity index (χ1n) is 8.36. The highest BCUT2D eigenvalue weighted by Crippen LogP contribution is 2.21. The number of pyridine rings is 1. The lowest BCUT2D eigenvalue weighted by Crippen LogP contribution is -2.36. The van der Waals surface area contributed by atoms with Gasteiger partial charge in [0.1, 0.15) is 0 Å². The molecule has 6 nitrogen and oxygen atoms in total. The Morgan fingerprint density at radius 2 is 1.63 bits per heavy atom. The summed E-state index contributed by atoms with van der Waals surface area (Å²) in [7, 11) is 0. The van der Waals surface area contributed by atoms with Crippen LogP contribution in [0.4, 0.5) is 5.69 Å². The molecule has 0 aliphatic carbocycles. The van der Waals surface area contributed by atoms with Crippen LogP contribution in [-0.4, -0.2) is 11.9 Å². The predicted molar refractivity (Wildman–Crippen MR) is 99.8 cm³/mol. The summed E-state index contributed by atoms with van der Waals surface area (Å²) in [5.74, 6) is -1.38. The van der Waals surface area contributed by atoms with E-state index in [1.54, 1.807) is 48.5 Å². The molecule has 136 valence electrons. The molecule has 0 saturated carbocycles. The third-order valence-electron chi connectivity index (χ3n) is 3.92. The molecule has 1 N–H and O–H groups in total. The van der Waals surface area contributed by atoms with Gasteiger partial charge in [-0.3, -0.25) is 4.79 Å². The van der Waals surface area contributed by atoms with E-state index in [4.69, 9.17) is 4.74 Å². The largest absolute Gasteiger partial charge is 0.618 e. The minimum absolute atomic E-state index is 0.193. The highest BCUT2D eigenvalue weighted by atomic mass is 16.6. The summed E-state index contributed by atoms with van der Waals surface area (Å²) in [5.41, 5.74) is 1.95. The number of rotatable bonds is 5. The summed E-state index contributed by atoms with van der Waals surface area (Å²) in [4.78, 5) is 25.2. The fourth-order valence-electron chi connectivity index (χ4n) is 2.50. The second-order valence-corrected chi connectivity index (χ2v) is 5.96. The van der Waals surface area contributed by atoms with Crippen molar-refractivity contribution in [3.63, 3.8) is 0 Å². The lowest BCUT2D eigenvalue weighted by atomic mass is 10.1. The molecule has 0 fully saturated rings. The lowest BCUT2D eigenvalue weighted by Gasteiger charge is -2.17. The molecule has 0 aliphatic rings. The van der Waals surface area contributed by atoms with Gasteiger partial charge in [0.25, 0.3) is 5.91 Å². The van der Waals surface area contributed by atoms with Crippen LogP contribution in [0.15, 0.2) is 79.0 Å². The Morgan fingerprint density at radius 3 is 2.30 bits per heavy atom. The van der Waals surface area contributed by atoms with Gasteiger partial charge in [-0.15, -0.1) is 0 Å². The molecule has 1 aromatic heterocycles. The van der Waals surface area contributed by atoms with Gasteiger partial charge in [0, 0.05) is 23.4 Å². The Labute approximate surface area is 156 Å². The molecule has 0 bridgehead atoms. The Morgan fingerprint density at radius 1 is 0.963 bits per heavy atom. The molecule has 1 heterocycles. The predicted octanol–water partition coefficient (Wildman–Crippen LogP) is 3.17. The number of nitrogens with one attached hydrogen (secondary N) is 1. The first kappa shape index (κ1) is 18.1. The van der Waals surface area contributed by atoms with E-state index in [2.05, 4.69) is 5.32 Å². The number of aromatic nitrogens is 1. The van der Waals surface area contributed by atoms with Crippen molar-refractivity contribution in [1.29, 1.82) is 0 Å². The fourth-order valence-corrected chi connectivity index (χ4v) is 2.50. The normalized spacial score (nSPS) is 11.4. The van der Waals surface area contributed by atoms with E-state index in [1.807, 2.05) is 19.1 Å². The van der Waals surface area contributed by atoms with E-state index in [9.17, 15) is 14.8 Å². The van der Waals surface area contributed by atoms with E-state index in [-0.39, 0.29) is 5.69 Å². The number of esters is 1. The van der Waals surface area contributed by atoms with Gasteiger partial charge in [0.2, 0.25) is 6.10 Å². The fraction of sp³-hybridized carbons (Fsp3) is 0.0952. The van der Waals surface area contributed by atoms with Crippen LogP contribution in [0.5, 0.6) is 0 Å². The van der Waals surface area contributed by atoms with Crippen molar-refractivity contribution in [2.45, 2.75) is 13.0 Å². The highest BCUT2D eigenvalue weighted by Gasteiger charge is 2.28. The van der Waals surface area contributed by atoms with Crippen molar-refractivity contribution in [3.05, 3.63) is 101 Å². The molecule has 1 atom stereocenters. The number of carbonyl (C=O) groups excluding carboxylic acids is 2. The van der Waals surface area contributed by atoms with E-state index in [0.717, 1.165) is 5.56 Å². The molecule has 6 heteroatoms. The summed E-state index contributed by atoms with van der Waals surface area (Å²) in [5, 5.41) is 14.5. The van der Waals surface area contributed by atoms with Gasteiger partial charge in [-0.25, -0.2) is 4.79 Å². The molecule has 0 spiro atoms. The Balaban J connectivity index is 1.85. The summed E-state index contributed by atoms with van der Waals surface area (Å²) in [6.45, 7) is 1.94. The number of benzene rings is 2. The number of anilines is 1. The second kappa shape index (κ2) is 8.14. The van der Waals surface area contributed by atoms with Crippen molar-refractivity contribution in [2.75, 3.05) is 5.32 Å². The first-order chi connectivity index (χ1) is 13.0. The molecule has 0 unspecified atom stereocenters. The number of hydrogen-bond acceptors (Lipinski definition) is 4. The SMILES string of the molecule is Cc1ccc(NC(=O)[C@H](OC(=O)c2cccc[n+]2[O-])c2ccccc2)cc1. The number of amides is 1. The van der Waals surface area contributed by atoms with Gasteiger partial charge in [-0.05, 0) is 25.1 Å². The smallest absolute Gasteiger partial charge is 0.406 e. The van der Waals surface area contributed by atoms with Crippen molar-refractivity contribution in [1.82, 2.24) is 0 Å². The molecule has 0 radical (unpaired) electrons. The van der Waals surface area contributed by atoms with Crippen LogP contribution in [-0.2, 0) is 9.53 Å². The maximum Gasteiger partial charge on any atom is 0.406 e.